The minimum absolute atomic E-state index is 0.314. The van der Waals surface area contributed by atoms with Gasteiger partial charge >= 0.3 is 0 Å². The van der Waals surface area contributed by atoms with Crippen LogP contribution >= 0.6 is 0 Å². The molecule has 0 atom stereocenters. The maximum atomic E-state index is 13.3. The molecule has 0 N–H and O–H groups in total. The van der Waals surface area contributed by atoms with Crippen molar-refractivity contribution in [1.82, 2.24) is 9.97 Å². The molecule has 0 aliphatic heterocycles. The Morgan fingerprint density at radius 3 is 2.36 bits per heavy atom. The second-order valence-corrected chi connectivity index (χ2v) is 5.43. The van der Waals surface area contributed by atoms with Crippen LogP contribution in [0.5, 0.6) is 17.4 Å². The minimum Gasteiger partial charge on any atom is -0.496 e. The highest BCUT2D eigenvalue weighted by molar-refractivity contribution is 5.74. The molecule has 0 aliphatic rings. The van der Waals surface area contributed by atoms with Crippen LogP contribution in [0.15, 0.2) is 60.9 Å². The summed E-state index contributed by atoms with van der Waals surface area (Å²) in [6, 6.07) is 13.8. The number of aromatic nitrogens is 2. The van der Waals surface area contributed by atoms with Crippen molar-refractivity contribution in [1.29, 1.82) is 0 Å². The monoisotopic (exact) mass is 342 g/mol. The van der Waals surface area contributed by atoms with E-state index in [1.165, 1.54) is 18.3 Å². The summed E-state index contributed by atoms with van der Waals surface area (Å²) in [5.41, 5.74) is 1.23. The highest BCUT2D eigenvalue weighted by Crippen LogP contribution is 2.36. The van der Waals surface area contributed by atoms with E-state index in [4.69, 9.17) is 9.47 Å². The van der Waals surface area contributed by atoms with Crippen LogP contribution in [0.2, 0.25) is 0 Å². The Morgan fingerprint density at radius 2 is 1.68 bits per heavy atom. The molecule has 0 amide bonds. The van der Waals surface area contributed by atoms with Crippen LogP contribution < -0.4 is 9.47 Å². The van der Waals surface area contributed by atoms with Gasteiger partial charge in [0.25, 0.3) is 5.92 Å². The van der Waals surface area contributed by atoms with Gasteiger partial charge in [0.1, 0.15) is 17.2 Å². The average molecular weight is 342 g/mol. The van der Waals surface area contributed by atoms with Crippen molar-refractivity contribution < 1.29 is 18.3 Å². The molecule has 1 aromatic carbocycles. The molecule has 0 spiro atoms. The molecule has 0 bridgehead atoms. The third-order valence-electron chi connectivity index (χ3n) is 3.57. The lowest BCUT2D eigenvalue weighted by atomic mass is 10.1. The van der Waals surface area contributed by atoms with Crippen molar-refractivity contribution in [3.63, 3.8) is 0 Å². The number of nitrogens with zero attached hydrogens (tertiary/aromatic N) is 2. The molecule has 0 aliphatic carbocycles. The fraction of sp³-hybridized carbons (Fsp3) is 0.158. The molecule has 25 heavy (non-hydrogen) atoms. The van der Waals surface area contributed by atoms with Crippen LogP contribution in [-0.2, 0) is 5.92 Å². The number of rotatable bonds is 5. The number of methoxy groups -OCH3 is 1. The predicted molar refractivity (Wildman–Crippen MR) is 90.1 cm³/mol. The number of hydrogen-bond donors (Lipinski definition) is 0. The zero-order valence-corrected chi connectivity index (χ0v) is 13.7. The summed E-state index contributed by atoms with van der Waals surface area (Å²) in [6.45, 7) is 0.800. The van der Waals surface area contributed by atoms with Crippen molar-refractivity contribution >= 4 is 0 Å². The summed E-state index contributed by atoms with van der Waals surface area (Å²) in [7, 11) is 1.59. The van der Waals surface area contributed by atoms with Gasteiger partial charge in [-0.15, -0.1) is 0 Å². The van der Waals surface area contributed by atoms with E-state index in [0.717, 1.165) is 18.1 Å². The topological polar surface area (TPSA) is 44.2 Å². The van der Waals surface area contributed by atoms with Crippen LogP contribution in [0.25, 0.3) is 11.1 Å². The van der Waals surface area contributed by atoms with E-state index in [1.54, 1.807) is 19.4 Å². The molecule has 128 valence electrons. The number of alkyl halides is 2. The summed E-state index contributed by atoms with van der Waals surface area (Å²) < 4.78 is 37.6. The summed E-state index contributed by atoms with van der Waals surface area (Å²) in [5, 5.41) is 0. The van der Waals surface area contributed by atoms with Gasteiger partial charge in [-0.25, -0.2) is 4.98 Å². The molecular weight excluding hydrogens is 326 g/mol. The largest absolute Gasteiger partial charge is 0.496 e. The van der Waals surface area contributed by atoms with E-state index in [-0.39, 0.29) is 5.69 Å². The molecule has 3 aromatic rings. The Hall–Kier alpha value is -3.02. The van der Waals surface area contributed by atoms with Crippen LogP contribution in [0.3, 0.4) is 0 Å². The molecule has 4 nitrogen and oxygen atoms in total. The zero-order chi connectivity index (χ0) is 17.9. The Morgan fingerprint density at radius 1 is 0.920 bits per heavy atom. The molecular formula is C19H16F2N2O2. The van der Waals surface area contributed by atoms with Gasteiger partial charge in [0.05, 0.1) is 13.3 Å². The van der Waals surface area contributed by atoms with Gasteiger partial charge in [0.15, 0.2) is 0 Å². The Balaban J connectivity index is 1.94. The number of ether oxygens (including phenoxy) is 2. The lowest BCUT2D eigenvalue weighted by molar-refractivity contribution is 0.0127. The quantitative estimate of drug-likeness (QED) is 0.650. The standard InChI is InChI=1S/C19H16F2N2O2/c1-19(20,21)17-10-9-13(12-23-17)25-18-15(7-5-11-22-18)14-6-3-4-8-16(14)24-2/h3-12H,1-2H3. The van der Waals surface area contributed by atoms with E-state index in [2.05, 4.69) is 9.97 Å². The second-order valence-electron chi connectivity index (χ2n) is 5.43. The predicted octanol–water partition coefficient (Wildman–Crippen LogP) is 5.06. The fourth-order valence-corrected chi connectivity index (χ4v) is 2.36. The number of para-hydroxylation sites is 1. The molecule has 0 radical (unpaired) electrons. The molecule has 3 rings (SSSR count). The van der Waals surface area contributed by atoms with E-state index in [0.29, 0.717) is 17.4 Å². The normalized spacial score (nSPS) is 11.2. The Kier molecular flexibility index (Phi) is 4.61. The van der Waals surface area contributed by atoms with Gasteiger partial charge in [0.2, 0.25) is 5.88 Å². The Labute approximate surface area is 144 Å². The molecule has 2 aromatic heterocycles. The minimum atomic E-state index is -2.99. The maximum Gasteiger partial charge on any atom is 0.286 e. The molecule has 0 saturated heterocycles. The molecule has 0 unspecified atom stereocenters. The van der Waals surface area contributed by atoms with E-state index in [9.17, 15) is 8.78 Å². The first-order valence-electron chi connectivity index (χ1n) is 7.59. The van der Waals surface area contributed by atoms with Gasteiger partial charge < -0.3 is 9.47 Å². The average Bonchev–Trinajstić information content (AvgIpc) is 2.62. The van der Waals surface area contributed by atoms with E-state index >= 15 is 0 Å². The fourth-order valence-electron chi connectivity index (χ4n) is 2.36. The number of halogens is 2. The highest BCUT2D eigenvalue weighted by atomic mass is 19.3. The van der Waals surface area contributed by atoms with Crippen molar-refractivity contribution in [2.75, 3.05) is 7.11 Å². The van der Waals surface area contributed by atoms with Crippen molar-refractivity contribution in [2.45, 2.75) is 12.8 Å². The van der Waals surface area contributed by atoms with Crippen molar-refractivity contribution in [3.8, 4) is 28.5 Å². The zero-order valence-electron chi connectivity index (χ0n) is 13.7. The van der Waals surface area contributed by atoms with Crippen molar-refractivity contribution in [2.24, 2.45) is 0 Å². The van der Waals surface area contributed by atoms with Gasteiger partial charge in [-0.2, -0.15) is 8.78 Å². The number of hydrogen-bond acceptors (Lipinski definition) is 4. The molecule has 0 saturated carbocycles. The van der Waals surface area contributed by atoms with E-state index < -0.39 is 5.92 Å². The summed E-state index contributed by atoms with van der Waals surface area (Å²) in [5.74, 6) is -1.65. The smallest absolute Gasteiger partial charge is 0.286 e. The summed E-state index contributed by atoms with van der Waals surface area (Å²) >= 11 is 0. The highest BCUT2D eigenvalue weighted by Gasteiger charge is 2.25. The SMILES string of the molecule is COc1ccccc1-c1cccnc1Oc1ccc(C(C)(F)F)nc1. The first kappa shape index (κ1) is 16.8. The molecule has 2 heterocycles. The number of benzene rings is 1. The van der Waals surface area contributed by atoms with Crippen LogP contribution in [0, 0.1) is 0 Å². The first-order valence-corrected chi connectivity index (χ1v) is 7.59. The second kappa shape index (κ2) is 6.84. The number of pyridine rings is 2. The van der Waals surface area contributed by atoms with E-state index in [1.807, 2.05) is 30.3 Å². The lowest BCUT2D eigenvalue weighted by Gasteiger charge is -2.13. The third kappa shape index (κ3) is 3.74. The molecule has 0 fully saturated rings. The van der Waals surface area contributed by atoms with Crippen LogP contribution in [0.1, 0.15) is 12.6 Å². The summed E-state index contributed by atoms with van der Waals surface area (Å²) in [4.78, 5) is 8.00. The van der Waals surface area contributed by atoms with Crippen molar-refractivity contribution in [3.05, 3.63) is 66.6 Å². The van der Waals surface area contributed by atoms with Crippen LogP contribution in [-0.4, -0.2) is 17.1 Å². The summed E-state index contributed by atoms with van der Waals surface area (Å²) in [6.07, 6.45) is 2.85. The van der Waals surface area contributed by atoms with Gasteiger partial charge in [-0.3, -0.25) is 4.98 Å². The third-order valence-corrected chi connectivity index (χ3v) is 3.57. The van der Waals surface area contributed by atoms with Gasteiger partial charge in [0, 0.05) is 24.2 Å². The van der Waals surface area contributed by atoms with Gasteiger partial charge in [-0.1, -0.05) is 18.2 Å². The lowest BCUT2D eigenvalue weighted by Crippen LogP contribution is -2.09. The first-order chi connectivity index (χ1) is 12.0. The Bertz CT molecular complexity index is 862. The van der Waals surface area contributed by atoms with Gasteiger partial charge in [-0.05, 0) is 30.3 Å². The maximum absolute atomic E-state index is 13.3. The van der Waals surface area contributed by atoms with Crippen LogP contribution in [0.4, 0.5) is 8.78 Å². The molecule has 6 heteroatoms.